The molecule has 0 spiro atoms. The summed E-state index contributed by atoms with van der Waals surface area (Å²) in [5.41, 5.74) is 3.34. The molecule has 0 saturated carbocycles. The zero-order valence-corrected chi connectivity index (χ0v) is 10.2. The molecule has 3 heteroatoms. The Morgan fingerprint density at radius 3 is 2.69 bits per heavy atom. The number of rotatable bonds is 1. The first-order valence-electron chi connectivity index (χ1n) is 4.70. The van der Waals surface area contributed by atoms with Crippen molar-refractivity contribution in [1.82, 2.24) is 0 Å². The molecule has 0 aromatic heterocycles. The minimum Gasteiger partial charge on any atom is -0.289 e. The first kappa shape index (κ1) is 11.1. The van der Waals surface area contributed by atoms with Gasteiger partial charge in [-0.3, -0.25) is 4.79 Å². The van der Waals surface area contributed by atoms with E-state index >= 15 is 0 Å². The molecule has 16 heavy (non-hydrogen) atoms. The Balaban J connectivity index is 2.61. The Morgan fingerprint density at radius 1 is 1.38 bits per heavy atom. The molecule has 76 valence electrons. The first-order valence-corrected chi connectivity index (χ1v) is 5.50. The highest BCUT2D eigenvalue weighted by Gasteiger charge is 2.27. The smallest absolute Gasteiger partial charge is 0.194 e. The number of hydrogen-bond acceptors (Lipinski definition) is 1. The van der Waals surface area contributed by atoms with E-state index in [0.29, 0.717) is 21.1 Å². The van der Waals surface area contributed by atoms with Gasteiger partial charge in [-0.05, 0) is 17.2 Å². The van der Waals surface area contributed by atoms with Crippen molar-refractivity contribution in [3.8, 4) is 0 Å². The molecule has 1 aliphatic rings. The van der Waals surface area contributed by atoms with Gasteiger partial charge in [-0.15, -0.1) is 0 Å². The Labute approximate surface area is 104 Å². The van der Waals surface area contributed by atoms with Crippen LogP contribution in [0.3, 0.4) is 0 Å². The number of ketones is 1. The van der Waals surface area contributed by atoms with Gasteiger partial charge in [-0.2, -0.15) is 0 Å². The standard InChI is InChI=1S/C13H8BBrO/c1-7(15)5-11-8(2)10-4-3-9(14)6-12(10)13(11)16/h3-6H,1-2H2/b11-5+. The zero-order valence-electron chi connectivity index (χ0n) is 8.59. The molecule has 1 nitrogen and oxygen atoms in total. The van der Waals surface area contributed by atoms with Crippen LogP contribution in [-0.2, 0) is 0 Å². The van der Waals surface area contributed by atoms with Crippen LogP contribution in [0.4, 0.5) is 0 Å². The van der Waals surface area contributed by atoms with Crippen LogP contribution in [0.1, 0.15) is 15.9 Å². The van der Waals surface area contributed by atoms with Crippen molar-refractivity contribution in [3.63, 3.8) is 0 Å². The summed E-state index contributed by atoms with van der Waals surface area (Å²) in [5.74, 6) is -0.0482. The maximum atomic E-state index is 12.0. The highest BCUT2D eigenvalue weighted by molar-refractivity contribution is 9.11. The molecule has 1 aliphatic carbocycles. The lowest BCUT2D eigenvalue weighted by molar-refractivity contribution is 0.104. The van der Waals surface area contributed by atoms with Crippen LogP contribution in [0.25, 0.3) is 5.57 Å². The molecular formula is C13H8BBrO. The molecule has 2 radical (unpaired) electrons. The van der Waals surface area contributed by atoms with E-state index in [1.165, 1.54) is 0 Å². The second kappa shape index (κ2) is 3.91. The van der Waals surface area contributed by atoms with Crippen molar-refractivity contribution in [2.75, 3.05) is 0 Å². The van der Waals surface area contributed by atoms with E-state index in [9.17, 15) is 4.79 Å². The highest BCUT2D eigenvalue weighted by atomic mass is 79.9. The van der Waals surface area contributed by atoms with Crippen LogP contribution in [0.2, 0.25) is 0 Å². The number of allylic oxidation sites excluding steroid dienone is 4. The molecule has 0 saturated heterocycles. The van der Waals surface area contributed by atoms with Gasteiger partial charge >= 0.3 is 0 Å². The Bertz CT molecular complexity index is 555. The molecule has 0 bridgehead atoms. The van der Waals surface area contributed by atoms with Crippen LogP contribution < -0.4 is 5.46 Å². The largest absolute Gasteiger partial charge is 0.289 e. The van der Waals surface area contributed by atoms with Gasteiger partial charge in [0.05, 0.1) is 0 Å². The highest BCUT2D eigenvalue weighted by Crippen LogP contribution is 2.35. The number of carbonyl (C=O) groups excluding carboxylic acids is 1. The van der Waals surface area contributed by atoms with Crippen molar-refractivity contribution in [3.05, 3.63) is 58.6 Å². The number of benzene rings is 1. The normalized spacial score (nSPS) is 16.7. The number of hydrogen-bond donors (Lipinski definition) is 0. The van der Waals surface area contributed by atoms with Gasteiger partial charge in [0.1, 0.15) is 7.85 Å². The topological polar surface area (TPSA) is 17.1 Å². The van der Waals surface area contributed by atoms with Gasteiger partial charge in [0.25, 0.3) is 0 Å². The summed E-state index contributed by atoms with van der Waals surface area (Å²) in [4.78, 5) is 12.0. The molecule has 0 N–H and O–H groups in total. The fourth-order valence-corrected chi connectivity index (χ4v) is 1.98. The van der Waals surface area contributed by atoms with Crippen LogP contribution in [0.5, 0.6) is 0 Å². The summed E-state index contributed by atoms with van der Waals surface area (Å²) < 4.78 is 0.651. The van der Waals surface area contributed by atoms with Gasteiger partial charge in [-0.1, -0.05) is 52.7 Å². The molecule has 0 amide bonds. The molecule has 0 aliphatic heterocycles. The van der Waals surface area contributed by atoms with Crippen molar-refractivity contribution in [2.24, 2.45) is 0 Å². The van der Waals surface area contributed by atoms with Crippen molar-refractivity contribution in [2.45, 2.75) is 0 Å². The molecule has 1 aromatic carbocycles. The van der Waals surface area contributed by atoms with E-state index in [1.807, 2.05) is 6.07 Å². The summed E-state index contributed by atoms with van der Waals surface area (Å²) in [7, 11) is 5.66. The maximum absolute atomic E-state index is 12.0. The van der Waals surface area contributed by atoms with Crippen LogP contribution in [0.15, 0.2) is 47.5 Å². The van der Waals surface area contributed by atoms with Crippen LogP contribution in [-0.4, -0.2) is 13.6 Å². The number of fused-ring (bicyclic) bond motifs is 1. The number of carbonyl (C=O) groups is 1. The monoisotopic (exact) mass is 270 g/mol. The van der Waals surface area contributed by atoms with Crippen LogP contribution in [0, 0.1) is 0 Å². The van der Waals surface area contributed by atoms with Crippen molar-refractivity contribution < 1.29 is 4.79 Å². The lowest BCUT2D eigenvalue weighted by Gasteiger charge is -1.98. The van der Waals surface area contributed by atoms with Gasteiger partial charge in [0.15, 0.2) is 5.78 Å². The third kappa shape index (κ3) is 1.72. The second-order valence-electron chi connectivity index (χ2n) is 3.62. The van der Waals surface area contributed by atoms with E-state index in [4.69, 9.17) is 7.85 Å². The second-order valence-corrected chi connectivity index (χ2v) is 4.64. The van der Waals surface area contributed by atoms with E-state index in [-0.39, 0.29) is 5.78 Å². The molecular weight excluding hydrogens is 263 g/mol. The third-order valence-electron chi connectivity index (χ3n) is 2.48. The zero-order chi connectivity index (χ0) is 11.9. The average Bonchev–Trinajstić information content (AvgIpc) is 2.43. The summed E-state index contributed by atoms with van der Waals surface area (Å²) in [6.07, 6.45) is 1.68. The van der Waals surface area contributed by atoms with Gasteiger partial charge in [0.2, 0.25) is 0 Å². The van der Waals surface area contributed by atoms with Crippen molar-refractivity contribution in [1.29, 1.82) is 0 Å². The third-order valence-corrected chi connectivity index (χ3v) is 2.71. The van der Waals surface area contributed by atoms with E-state index in [0.717, 1.165) is 11.1 Å². The van der Waals surface area contributed by atoms with Gasteiger partial charge in [0, 0.05) is 15.6 Å². The Morgan fingerprint density at radius 2 is 2.06 bits per heavy atom. The van der Waals surface area contributed by atoms with E-state index in [2.05, 4.69) is 29.1 Å². The van der Waals surface area contributed by atoms with E-state index < -0.39 is 0 Å². The summed E-state index contributed by atoms with van der Waals surface area (Å²) in [6, 6.07) is 5.27. The molecule has 0 heterocycles. The van der Waals surface area contributed by atoms with Gasteiger partial charge in [-0.25, -0.2) is 0 Å². The average molecular weight is 271 g/mol. The first-order chi connectivity index (χ1) is 7.50. The van der Waals surface area contributed by atoms with E-state index in [1.54, 1.807) is 18.2 Å². The lowest BCUT2D eigenvalue weighted by atomic mass is 9.92. The molecule has 0 atom stereocenters. The fraction of sp³-hybridized carbons (Fsp3) is 0. The molecule has 0 unspecified atom stereocenters. The number of halogens is 1. The minimum absolute atomic E-state index is 0.0482. The SMILES string of the molecule is [B]c1ccc2c(c1)C(=O)/C(=C/C(=C)Br)C2=C. The summed E-state index contributed by atoms with van der Waals surface area (Å²) in [6.45, 7) is 7.61. The summed E-state index contributed by atoms with van der Waals surface area (Å²) >= 11 is 3.21. The molecule has 0 fully saturated rings. The summed E-state index contributed by atoms with van der Waals surface area (Å²) in [5, 5.41) is 0. The fourth-order valence-electron chi connectivity index (χ4n) is 1.75. The predicted octanol–water partition coefficient (Wildman–Crippen LogP) is 2.52. The molecule has 1 aromatic rings. The quantitative estimate of drug-likeness (QED) is 0.566. The van der Waals surface area contributed by atoms with Crippen molar-refractivity contribution >= 4 is 40.6 Å². The maximum Gasteiger partial charge on any atom is 0.194 e. The lowest BCUT2D eigenvalue weighted by Crippen LogP contribution is -2.05. The number of Topliss-reactive ketones (excluding diaryl/α,β-unsaturated/α-hetero) is 1. The Hall–Kier alpha value is -1.35. The Kier molecular flexibility index (Phi) is 2.72. The van der Waals surface area contributed by atoms with Gasteiger partial charge < -0.3 is 0 Å². The predicted molar refractivity (Wildman–Crippen MR) is 71.3 cm³/mol. The molecule has 2 rings (SSSR count). The van der Waals surface area contributed by atoms with Crippen LogP contribution >= 0.6 is 15.9 Å². The minimum atomic E-state index is -0.0482.